The highest BCUT2D eigenvalue weighted by Crippen LogP contribution is 2.36. The summed E-state index contributed by atoms with van der Waals surface area (Å²) in [6, 6.07) is 1.54. The predicted molar refractivity (Wildman–Crippen MR) is 54.2 cm³/mol. The second-order valence-corrected chi connectivity index (χ2v) is 4.86. The average Bonchev–Trinajstić information content (AvgIpc) is 2.16. The fraction of sp³-hybridized carbons (Fsp3) is 1.00. The second kappa shape index (κ2) is 3.37. The van der Waals surface area contributed by atoms with E-state index in [0.29, 0.717) is 0 Å². The van der Waals surface area contributed by atoms with E-state index in [0.717, 1.165) is 29.8 Å². The molecule has 72 valence electrons. The van der Waals surface area contributed by atoms with Crippen LogP contribution in [0.5, 0.6) is 0 Å². The number of hydrogen-bond donors (Lipinski definition) is 0. The highest BCUT2D eigenvalue weighted by molar-refractivity contribution is 4.93. The second-order valence-electron chi connectivity index (χ2n) is 4.86. The van der Waals surface area contributed by atoms with Gasteiger partial charge in [0, 0.05) is 12.1 Å². The Labute approximate surface area is 77.1 Å². The predicted octanol–water partition coefficient (Wildman–Crippen LogP) is 2.62. The highest BCUT2D eigenvalue weighted by Gasteiger charge is 2.40. The molecule has 0 amide bonds. The van der Waals surface area contributed by atoms with Crippen LogP contribution in [0.3, 0.4) is 0 Å². The molecule has 1 aliphatic heterocycles. The van der Waals surface area contributed by atoms with Crippen LogP contribution in [0.4, 0.5) is 0 Å². The first-order chi connectivity index (χ1) is 5.46. The molecule has 1 fully saturated rings. The van der Waals surface area contributed by atoms with Crippen molar-refractivity contribution in [3.8, 4) is 0 Å². The van der Waals surface area contributed by atoms with Crippen LogP contribution in [0.25, 0.3) is 0 Å². The number of nitrogens with zero attached hydrogens (tertiary/aromatic N) is 1. The maximum Gasteiger partial charge on any atom is 0.0147 e. The Morgan fingerprint density at radius 1 is 1.00 bits per heavy atom. The Balaban J connectivity index is 2.76. The van der Waals surface area contributed by atoms with E-state index in [4.69, 9.17) is 0 Å². The van der Waals surface area contributed by atoms with Crippen molar-refractivity contribution in [1.29, 1.82) is 0 Å². The van der Waals surface area contributed by atoms with Crippen molar-refractivity contribution in [1.82, 2.24) is 4.90 Å². The molecule has 0 spiro atoms. The lowest BCUT2D eigenvalue weighted by molar-refractivity contribution is 0.187. The summed E-state index contributed by atoms with van der Waals surface area (Å²) in [6.45, 7) is 11.8. The number of rotatable bonds is 1. The monoisotopic (exact) mass is 169 g/mol. The van der Waals surface area contributed by atoms with Crippen molar-refractivity contribution in [2.24, 2.45) is 17.8 Å². The highest BCUT2D eigenvalue weighted by atomic mass is 15.2. The zero-order valence-electron chi connectivity index (χ0n) is 9.33. The van der Waals surface area contributed by atoms with E-state index >= 15 is 0 Å². The molecule has 0 N–H and O–H groups in total. The lowest BCUT2D eigenvalue weighted by Gasteiger charge is -2.28. The van der Waals surface area contributed by atoms with Gasteiger partial charge in [-0.25, -0.2) is 0 Å². The Kier molecular flexibility index (Phi) is 2.82. The molecule has 0 aromatic carbocycles. The van der Waals surface area contributed by atoms with E-state index in [1.807, 2.05) is 0 Å². The van der Waals surface area contributed by atoms with Crippen molar-refractivity contribution >= 4 is 0 Å². The molecule has 1 nitrogen and oxygen atoms in total. The van der Waals surface area contributed by atoms with Gasteiger partial charge in [0.25, 0.3) is 0 Å². The minimum atomic E-state index is 0.757. The van der Waals surface area contributed by atoms with Gasteiger partial charge in [0.2, 0.25) is 0 Å². The van der Waals surface area contributed by atoms with Crippen molar-refractivity contribution in [2.75, 3.05) is 7.05 Å². The summed E-state index contributed by atoms with van der Waals surface area (Å²) in [7, 11) is 2.27. The van der Waals surface area contributed by atoms with Crippen LogP contribution < -0.4 is 0 Å². The van der Waals surface area contributed by atoms with E-state index in [2.05, 4.69) is 46.6 Å². The summed E-state index contributed by atoms with van der Waals surface area (Å²) in [4.78, 5) is 2.56. The third-order valence-corrected chi connectivity index (χ3v) is 3.92. The standard InChI is InChI=1S/C11H23N/c1-7(2)11-9(4)8(3)10(5)12(11)6/h7-11H,1-6H3. The van der Waals surface area contributed by atoms with Gasteiger partial charge in [-0.15, -0.1) is 0 Å². The molecule has 0 aromatic heterocycles. The normalized spacial score (nSPS) is 44.2. The maximum absolute atomic E-state index is 2.56. The fourth-order valence-electron chi connectivity index (χ4n) is 2.84. The molecule has 0 radical (unpaired) electrons. The summed E-state index contributed by atoms with van der Waals surface area (Å²) in [6.07, 6.45) is 0. The summed E-state index contributed by atoms with van der Waals surface area (Å²) < 4.78 is 0. The van der Waals surface area contributed by atoms with E-state index in [1.165, 1.54) is 0 Å². The topological polar surface area (TPSA) is 3.24 Å². The van der Waals surface area contributed by atoms with Gasteiger partial charge in [0.1, 0.15) is 0 Å². The molecule has 1 heterocycles. The first-order valence-electron chi connectivity index (χ1n) is 5.18. The van der Waals surface area contributed by atoms with E-state index in [-0.39, 0.29) is 0 Å². The molecule has 0 aliphatic carbocycles. The van der Waals surface area contributed by atoms with Gasteiger partial charge in [0.15, 0.2) is 0 Å². The summed E-state index contributed by atoms with van der Waals surface area (Å²) in [5, 5.41) is 0. The Hall–Kier alpha value is -0.0400. The molecular formula is C11H23N. The van der Waals surface area contributed by atoms with E-state index in [1.54, 1.807) is 0 Å². The Morgan fingerprint density at radius 3 is 1.67 bits per heavy atom. The minimum Gasteiger partial charge on any atom is -0.300 e. The summed E-state index contributed by atoms with van der Waals surface area (Å²) in [5.74, 6) is 2.49. The quantitative estimate of drug-likeness (QED) is 0.583. The zero-order chi connectivity index (χ0) is 9.46. The van der Waals surface area contributed by atoms with Gasteiger partial charge in [0.05, 0.1) is 0 Å². The third kappa shape index (κ3) is 1.39. The molecule has 1 aliphatic rings. The van der Waals surface area contributed by atoms with Crippen molar-refractivity contribution in [3.05, 3.63) is 0 Å². The van der Waals surface area contributed by atoms with Crippen molar-refractivity contribution in [3.63, 3.8) is 0 Å². The van der Waals surface area contributed by atoms with Gasteiger partial charge in [-0.3, -0.25) is 4.90 Å². The lowest BCUT2D eigenvalue weighted by Crippen LogP contribution is -2.36. The van der Waals surface area contributed by atoms with Crippen LogP contribution in [0, 0.1) is 17.8 Å². The number of hydrogen-bond acceptors (Lipinski definition) is 1. The van der Waals surface area contributed by atoms with Gasteiger partial charge in [-0.1, -0.05) is 27.7 Å². The molecule has 4 unspecified atom stereocenters. The van der Waals surface area contributed by atoms with E-state index in [9.17, 15) is 0 Å². The van der Waals surface area contributed by atoms with Crippen molar-refractivity contribution in [2.45, 2.75) is 46.7 Å². The smallest absolute Gasteiger partial charge is 0.0147 e. The first-order valence-corrected chi connectivity index (χ1v) is 5.18. The molecular weight excluding hydrogens is 146 g/mol. The first kappa shape index (κ1) is 10.0. The molecule has 0 bridgehead atoms. The largest absolute Gasteiger partial charge is 0.300 e. The number of likely N-dealkylation sites (tertiary alicyclic amines) is 1. The maximum atomic E-state index is 2.56. The molecule has 12 heavy (non-hydrogen) atoms. The Morgan fingerprint density at radius 2 is 1.50 bits per heavy atom. The minimum absolute atomic E-state index is 0.757. The Bertz CT molecular complexity index is 139. The van der Waals surface area contributed by atoms with Crippen LogP contribution in [0.1, 0.15) is 34.6 Å². The lowest BCUT2D eigenvalue weighted by atomic mass is 9.86. The van der Waals surface area contributed by atoms with Crippen LogP contribution in [0.15, 0.2) is 0 Å². The van der Waals surface area contributed by atoms with Crippen LogP contribution >= 0.6 is 0 Å². The SMILES string of the molecule is CC(C)C1C(C)C(C)C(C)N1C. The molecule has 1 heteroatoms. The fourth-order valence-corrected chi connectivity index (χ4v) is 2.84. The van der Waals surface area contributed by atoms with Crippen LogP contribution in [0.2, 0.25) is 0 Å². The van der Waals surface area contributed by atoms with Gasteiger partial charge < -0.3 is 0 Å². The summed E-state index contributed by atoms with van der Waals surface area (Å²) in [5.41, 5.74) is 0. The van der Waals surface area contributed by atoms with Gasteiger partial charge in [-0.2, -0.15) is 0 Å². The summed E-state index contributed by atoms with van der Waals surface area (Å²) >= 11 is 0. The molecule has 0 aromatic rings. The van der Waals surface area contributed by atoms with Crippen LogP contribution in [-0.4, -0.2) is 24.0 Å². The molecule has 4 atom stereocenters. The molecule has 0 saturated carbocycles. The molecule has 1 rings (SSSR count). The molecule has 1 saturated heterocycles. The van der Waals surface area contributed by atoms with E-state index < -0.39 is 0 Å². The van der Waals surface area contributed by atoms with Gasteiger partial charge in [-0.05, 0) is 31.7 Å². The van der Waals surface area contributed by atoms with Gasteiger partial charge >= 0.3 is 0 Å². The zero-order valence-corrected chi connectivity index (χ0v) is 9.33. The van der Waals surface area contributed by atoms with Crippen LogP contribution in [-0.2, 0) is 0 Å². The third-order valence-electron chi connectivity index (χ3n) is 3.92. The average molecular weight is 169 g/mol. The van der Waals surface area contributed by atoms with Crippen molar-refractivity contribution < 1.29 is 0 Å².